The number of rotatable bonds is 2. The molecule has 1 aliphatic heterocycles. The minimum absolute atomic E-state index is 0.177. The van der Waals surface area contributed by atoms with E-state index in [0.717, 1.165) is 11.3 Å². The molecule has 2 N–H and O–H groups in total. The predicted octanol–water partition coefficient (Wildman–Crippen LogP) is 3.69. The van der Waals surface area contributed by atoms with Gasteiger partial charge in [-0.25, -0.2) is 4.39 Å². The molecule has 0 aliphatic carbocycles. The van der Waals surface area contributed by atoms with Crippen LogP contribution in [0.25, 0.3) is 0 Å². The number of halogens is 2. The molecule has 0 saturated heterocycles. The van der Waals surface area contributed by atoms with Crippen LogP contribution in [-0.4, -0.2) is 5.91 Å². The van der Waals surface area contributed by atoms with Gasteiger partial charge in [-0.05, 0) is 24.3 Å². The van der Waals surface area contributed by atoms with Crippen LogP contribution in [0, 0.1) is 5.82 Å². The van der Waals surface area contributed by atoms with Crippen LogP contribution in [0.5, 0.6) is 0 Å². The minimum atomic E-state index is -0.563. The van der Waals surface area contributed by atoms with Gasteiger partial charge in [-0.15, -0.1) is 0 Å². The third-order valence-electron chi connectivity index (χ3n) is 3.02. The Morgan fingerprint density at radius 3 is 2.79 bits per heavy atom. The maximum atomic E-state index is 13.8. The van der Waals surface area contributed by atoms with Crippen LogP contribution in [-0.2, 0) is 4.79 Å². The van der Waals surface area contributed by atoms with E-state index in [-0.39, 0.29) is 5.91 Å². The molecule has 1 aliphatic rings. The normalized spacial score (nSPS) is 16.9. The highest BCUT2D eigenvalue weighted by Crippen LogP contribution is 2.33. The van der Waals surface area contributed by atoms with Gasteiger partial charge in [0.05, 0.1) is 5.69 Å². The molecule has 0 saturated carbocycles. The van der Waals surface area contributed by atoms with Crippen LogP contribution in [0.4, 0.5) is 15.8 Å². The number of anilines is 2. The Morgan fingerprint density at radius 2 is 2.00 bits per heavy atom. The molecule has 2 aromatic carbocycles. The molecule has 1 unspecified atom stereocenters. The molecule has 0 radical (unpaired) electrons. The summed E-state index contributed by atoms with van der Waals surface area (Å²) in [4.78, 5) is 11.9. The summed E-state index contributed by atoms with van der Waals surface area (Å²) < 4.78 is 14.4. The zero-order valence-electron chi connectivity index (χ0n) is 9.78. The van der Waals surface area contributed by atoms with Crippen molar-refractivity contribution in [3.63, 3.8) is 0 Å². The molecular formula is C14H10BrFN2O. The number of carbonyl (C=O) groups excluding carboxylic acids is 1. The molecule has 1 atom stereocenters. The third-order valence-corrected chi connectivity index (χ3v) is 3.52. The highest BCUT2D eigenvalue weighted by molar-refractivity contribution is 9.10. The molecule has 3 rings (SSSR count). The van der Waals surface area contributed by atoms with Crippen molar-refractivity contribution in [1.82, 2.24) is 0 Å². The first-order valence-corrected chi connectivity index (χ1v) is 6.56. The third kappa shape index (κ3) is 2.21. The average Bonchev–Trinajstić information content (AvgIpc) is 2.69. The molecule has 96 valence electrons. The van der Waals surface area contributed by atoms with Gasteiger partial charge in [0, 0.05) is 15.7 Å². The summed E-state index contributed by atoms with van der Waals surface area (Å²) >= 11 is 3.20. The molecule has 1 heterocycles. The Balaban J connectivity index is 1.93. The lowest BCUT2D eigenvalue weighted by atomic mass is 10.1. The molecular weight excluding hydrogens is 311 g/mol. The second-order valence-corrected chi connectivity index (χ2v) is 5.19. The zero-order chi connectivity index (χ0) is 13.4. The molecule has 0 spiro atoms. The van der Waals surface area contributed by atoms with Gasteiger partial charge in [0.2, 0.25) is 0 Å². The SMILES string of the molecule is O=C1Nc2ccccc2C1Nc1ccc(Br)cc1F. The van der Waals surface area contributed by atoms with Crippen molar-refractivity contribution < 1.29 is 9.18 Å². The first-order chi connectivity index (χ1) is 9.15. The van der Waals surface area contributed by atoms with Crippen molar-refractivity contribution in [3.8, 4) is 0 Å². The van der Waals surface area contributed by atoms with E-state index >= 15 is 0 Å². The first kappa shape index (κ1) is 12.2. The number of para-hydroxylation sites is 1. The van der Waals surface area contributed by atoms with E-state index < -0.39 is 11.9 Å². The van der Waals surface area contributed by atoms with Gasteiger partial charge in [0.1, 0.15) is 11.9 Å². The van der Waals surface area contributed by atoms with Crippen molar-refractivity contribution in [3.05, 3.63) is 58.3 Å². The number of carbonyl (C=O) groups is 1. The lowest BCUT2D eigenvalue weighted by molar-refractivity contribution is -0.116. The Hall–Kier alpha value is -1.88. The van der Waals surface area contributed by atoms with Gasteiger partial charge >= 0.3 is 0 Å². The van der Waals surface area contributed by atoms with E-state index in [1.165, 1.54) is 6.07 Å². The Morgan fingerprint density at radius 1 is 1.21 bits per heavy atom. The summed E-state index contributed by atoms with van der Waals surface area (Å²) in [6.45, 7) is 0. The molecule has 0 bridgehead atoms. The van der Waals surface area contributed by atoms with E-state index in [1.54, 1.807) is 12.1 Å². The molecule has 0 fully saturated rings. The minimum Gasteiger partial charge on any atom is -0.368 e. The molecule has 2 aromatic rings. The first-order valence-electron chi connectivity index (χ1n) is 5.76. The van der Waals surface area contributed by atoms with E-state index in [9.17, 15) is 9.18 Å². The smallest absolute Gasteiger partial charge is 0.251 e. The standard InChI is InChI=1S/C14H10BrFN2O/c15-8-5-6-12(10(16)7-8)17-13-9-3-1-2-4-11(9)18-14(13)19/h1-7,13,17H,(H,18,19). The fourth-order valence-corrected chi connectivity index (χ4v) is 2.45. The maximum Gasteiger partial charge on any atom is 0.251 e. The molecule has 5 heteroatoms. The fourth-order valence-electron chi connectivity index (χ4n) is 2.11. The Kier molecular flexibility index (Phi) is 2.98. The zero-order valence-corrected chi connectivity index (χ0v) is 11.4. The molecule has 19 heavy (non-hydrogen) atoms. The van der Waals surface area contributed by atoms with E-state index in [0.29, 0.717) is 10.2 Å². The van der Waals surface area contributed by atoms with Crippen molar-refractivity contribution in [1.29, 1.82) is 0 Å². The summed E-state index contributed by atoms with van der Waals surface area (Å²) in [7, 11) is 0. The number of hydrogen-bond donors (Lipinski definition) is 2. The highest BCUT2D eigenvalue weighted by atomic mass is 79.9. The largest absolute Gasteiger partial charge is 0.368 e. The molecule has 1 amide bonds. The summed E-state index contributed by atoms with van der Waals surface area (Å²) in [5.74, 6) is -0.574. The van der Waals surface area contributed by atoms with Gasteiger partial charge < -0.3 is 10.6 Å². The van der Waals surface area contributed by atoms with Crippen molar-refractivity contribution >= 4 is 33.2 Å². The van der Waals surface area contributed by atoms with Gasteiger partial charge in [-0.1, -0.05) is 34.1 Å². The van der Waals surface area contributed by atoms with Crippen LogP contribution in [0.2, 0.25) is 0 Å². The number of nitrogens with one attached hydrogen (secondary N) is 2. The molecule has 3 nitrogen and oxygen atoms in total. The van der Waals surface area contributed by atoms with Crippen LogP contribution < -0.4 is 10.6 Å². The number of amides is 1. The van der Waals surface area contributed by atoms with Gasteiger partial charge in [-0.2, -0.15) is 0 Å². The molecule has 0 aromatic heterocycles. The van der Waals surface area contributed by atoms with E-state index in [2.05, 4.69) is 26.6 Å². The topological polar surface area (TPSA) is 41.1 Å². The lowest BCUT2D eigenvalue weighted by Gasteiger charge is -2.13. The Labute approximate surface area is 118 Å². The van der Waals surface area contributed by atoms with E-state index in [4.69, 9.17) is 0 Å². The second kappa shape index (κ2) is 4.66. The number of hydrogen-bond acceptors (Lipinski definition) is 2. The van der Waals surface area contributed by atoms with Gasteiger partial charge in [-0.3, -0.25) is 4.79 Å². The van der Waals surface area contributed by atoms with E-state index in [1.807, 2.05) is 24.3 Å². The monoisotopic (exact) mass is 320 g/mol. The quantitative estimate of drug-likeness (QED) is 0.886. The summed E-state index contributed by atoms with van der Waals surface area (Å²) in [6, 6.07) is 11.5. The number of fused-ring (bicyclic) bond motifs is 1. The number of benzene rings is 2. The van der Waals surface area contributed by atoms with Crippen molar-refractivity contribution in [2.45, 2.75) is 6.04 Å². The average molecular weight is 321 g/mol. The second-order valence-electron chi connectivity index (χ2n) is 4.28. The summed E-state index contributed by atoms with van der Waals surface area (Å²) in [6.07, 6.45) is 0. The van der Waals surface area contributed by atoms with Gasteiger partial charge in [0.15, 0.2) is 0 Å². The van der Waals surface area contributed by atoms with Crippen molar-refractivity contribution in [2.75, 3.05) is 10.6 Å². The van der Waals surface area contributed by atoms with Crippen LogP contribution in [0.1, 0.15) is 11.6 Å². The van der Waals surface area contributed by atoms with Crippen LogP contribution in [0.3, 0.4) is 0 Å². The van der Waals surface area contributed by atoms with Gasteiger partial charge in [0.25, 0.3) is 5.91 Å². The fraction of sp³-hybridized carbons (Fsp3) is 0.0714. The van der Waals surface area contributed by atoms with Crippen LogP contribution >= 0.6 is 15.9 Å². The summed E-state index contributed by atoms with van der Waals surface area (Å²) in [5.41, 5.74) is 1.90. The van der Waals surface area contributed by atoms with Crippen molar-refractivity contribution in [2.24, 2.45) is 0 Å². The lowest BCUT2D eigenvalue weighted by Crippen LogP contribution is -2.20. The van der Waals surface area contributed by atoms with Crippen LogP contribution in [0.15, 0.2) is 46.9 Å². The predicted molar refractivity (Wildman–Crippen MR) is 75.5 cm³/mol. The highest BCUT2D eigenvalue weighted by Gasteiger charge is 2.30. The Bertz CT molecular complexity index is 660. The maximum absolute atomic E-state index is 13.8. The summed E-state index contributed by atoms with van der Waals surface area (Å²) in [5, 5.41) is 5.70.